The SMILES string of the molecule is c1ccc(-c2cc(-c3ccccc3)nc(-n3c4ccccc4c4cc(-c5cccc(-c6ccc7c8ccccc8n(-c8ccc9c(c8)c8ccncc8n9-c8ccccc8)c7c6)n5)ccc43)c2)cc1. The van der Waals surface area contributed by atoms with Crippen molar-refractivity contribution in [3.63, 3.8) is 0 Å². The van der Waals surface area contributed by atoms with Crippen LogP contribution in [0, 0.1) is 0 Å². The minimum absolute atomic E-state index is 0.873. The highest BCUT2D eigenvalue weighted by atomic mass is 15.1. The van der Waals surface area contributed by atoms with E-state index in [1.54, 1.807) is 0 Å². The summed E-state index contributed by atoms with van der Waals surface area (Å²) in [6.07, 6.45) is 3.86. The lowest BCUT2D eigenvalue weighted by atomic mass is 10.0. The fourth-order valence-corrected chi connectivity index (χ4v) is 10.6. The molecule has 0 aliphatic rings. The minimum Gasteiger partial charge on any atom is -0.309 e. The van der Waals surface area contributed by atoms with Gasteiger partial charge in [-0.3, -0.25) is 9.55 Å². The first kappa shape index (κ1) is 38.8. The molecule has 0 radical (unpaired) electrons. The molecule has 0 saturated carbocycles. The van der Waals surface area contributed by atoms with Gasteiger partial charge in [0.05, 0.1) is 56.4 Å². The monoisotopic (exact) mass is 880 g/mol. The Morgan fingerprint density at radius 1 is 0.261 bits per heavy atom. The van der Waals surface area contributed by atoms with E-state index in [9.17, 15) is 0 Å². The van der Waals surface area contributed by atoms with Crippen LogP contribution in [0.1, 0.15) is 0 Å². The third-order valence-corrected chi connectivity index (χ3v) is 13.7. The summed E-state index contributed by atoms with van der Waals surface area (Å²) in [6, 6.07) is 82.1. The summed E-state index contributed by atoms with van der Waals surface area (Å²) >= 11 is 0. The van der Waals surface area contributed by atoms with Gasteiger partial charge in [-0.15, -0.1) is 0 Å². The number of nitrogens with zero attached hydrogens (tertiary/aromatic N) is 6. The molecule has 0 aliphatic heterocycles. The lowest BCUT2D eigenvalue weighted by Crippen LogP contribution is -2.00. The van der Waals surface area contributed by atoms with E-state index in [2.05, 4.69) is 243 Å². The largest absolute Gasteiger partial charge is 0.309 e. The van der Waals surface area contributed by atoms with Gasteiger partial charge in [-0.1, -0.05) is 140 Å². The minimum atomic E-state index is 0.873. The van der Waals surface area contributed by atoms with Gasteiger partial charge in [0, 0.05) is 66.6 Å². The van der Waals surface area contributed by atoms with E-state index < -0.39 is 0 Å². The first-order chi connectivity index (χ1) is 34.2. The average Bonchev–Trinajstić information content (AvgIpc) is 4.06. The van der Waals surface area contributed by atoms with Crippen molar-refractivity contribution in [1.29, 1.82) is 0 Å². The van der Waals surface area contributed by atoms with E-state index in [4.69, 9.17) is 9.97 Å². The molecule has 0 saturated heterocycles. The smallest absolute Gasteiger partial charge is 0.138 e. The predicted octanol–water partition coefficient (Wildman–Crippen LogP) is 15.8. The van der Waals surface area contributed by atoms with Gasteiger partial charge in [0.25, 0.3) is 0 Å². The van der Waals surface area contributed by atoms with Crippen molar-refractivity contribution >= 4 is 65.4 Å². The van der Waals surface area contributed by atoms with Crippen LogP contribution in [0.25, 0.3) is 128 Å². The predicted molar refractivity (Wildman–Crippen MR) is 285 cm³/mol. The van der Waals surface area contributed by atoms with E-state index in [0.29, 0.717) is 0 Å². The van der Waals surface area contributed by atoms with Crippen molar-refractivity contribution in [3.05, 3.63) is 243 Å². The number of hydrogen-bond donors (Lipinski definition) is 0. The maximum atomic E-state index is 5.39. The highest BCUT2D eigenvalue weighted by Crippen LogP contribution is 2.40. The molecule has 8 aromatic carbocycles. The molecular weight excluding hydrogens is 841 g/mol. The zero-order chi connectivity index (χ0) is 45.4. The first-order valence-corrected chi connectivity index (χ1v) is 23.3. The van der Waals surface area contributed by atoms with Crippen LogP contribution in [0.5, 0.6) is 0 Å². The summed E-state index contributed by atoms with van der Waals surface area (Å²) < 4.78 is 7.02. The number of fused-ring (bicyclic) bond motifs is 9. The first-order valence-electron chi connectivity index (χ1n) is 23.3. The topological polar surface area (TPSA) is 53.5 Å². The number of benzene rings is 8. The molecule has 6 heteroatoms. The van der Waals surface area contributed by atoms with E-state index in [1.807, 2.05) is 18.5 Å². The maximum Gasteiger partial charge on any atom is 0.138 e. The van der Waals surface area contributed by atoms with Gasteiger partial charge in [0.2, 0.25) is 0 Å². The second kappa shape index (κ2) is 15.6. The third-order valence-electron chi connectivity index (χ3n) is 13.7. The van der Waals surface area contributed by atoms with Crippen LogP contribution in [-0.4, -0.2) is 28.7 Å². The van der Waals surface area contributed by atoms with E-state index in [-0.39, 0.29) is 0 Å². The highest BCUT2D eigenvalue weighted by Gasteiger charge is 2.20. The van der Waals surface area contributed by atoms with E-state index in [1.165, 1.54) is 21.5 Å². The van der Waals surface area contributed by atoms with Crippen molar-refractivity contribution in [1.82, 2.24) is 28.7 Å². The van der Waals surface area contributed by atoms with Crippen LogP contribution in [0.4, 0.5) is 0 Å². The summed E-state index contributed by atoms with van der Waals surface area (Å²) in [5, 5.41) is 7.07. The van der Waals surface area contributed by atoms with Crippen LogP contribution >= 0.6 is 0 Å². The molecule has 0 fully saturated rings. The molecule has 0 unspecified atom stereocenters. The molecule has 322 valence electrons. The molecule has 0 bridgehead atoms. The fraction of sp³-hybridized carbons (Fsp3) is 0. The molecule has 0 atom stereocenters. The van der Waals surface area contributed by atoms with Crippen molar-refractivity contribution in [3.8, 4) is 62.1 Å². The van der Waals surface area contributed by atoms with Gasteiger partial charge in [-0.2, -0.15) is 0 Å². The third kappa shape index (κ3) is 6.30. The van der Waals surface area contributed by atoms with Gasteiger partial charge >= 0.3 is 0 Å². The fourth-order valence-electron chi connectivity index (χ4n) is 10.6. The number of rotatable bonds is 7. The molecule has 6 aromatic heterocycles. The number of hydrogen-bond acceptors (Lipinski definition) is 3. The van der Waals surface area contributed by atoms with Gasteiger partial charge in [0.15, 0.2) is 0 Å². The molecule has 6 heterocycles. The van der Waals surface area contributed by atoms with Crippen LogP contribution in [0.3, 0.4) is 0 Å². The maximum absolute atomic E-state index is 5.39. The molecule has 14 rings (SSSR count). The molecule has 0 N–H and O–H groups in total. The summed E-state index contributed by atoms with van der Waals surface area (Å²) in [5.41, 5.74) is 17.1. The molecule has 69 heavy (non-hydrogen) atoms. The Kier molecular flexibility index (Phi) is 8.79. The Hall–Kier alpha value is -9.39. The Balaban J connectivity index is 0.890. The van der Waals surface area contributed by atoms with Crippen molar-refractivity contribution < 1.29 is 0 Å². The molecule has 6 nitrogen and oxygen atoms in total. The van der Waals surface area contributed by atoms with Gasteiger partial charge in [-0.05, 0) is 102 Å². The lowest BCUT2D eigenvalue weighted by molar-refractivity contribution is 1.08. The number of pyridine rings is 3. The standard InChI is InChI=1S/C63H40N6/c1-4-15-41(16-5-1)45-36-56(42-17-6-2-7-18-42)66-63(38-45)69-58-26-13-11-22-49(58)52-35-43(28-31-60(52)69)54-23-14-24-55(65-54)44-27-30-50-48-21-10-12-25-57(48)68(61(50)37-44)47-29-32-59-53(39-47)51-33-34-64-40-62(51)67(59)46-19-8-3-9-20-46/h1-40H. The zero-order valence-corrected chi connectivity index (χ0v) is 37.3. The molecule has 0 amide bonds. The number of para-hydroxylation sites is 3. The van der Waals surface area contributed by atoms with Gasteiger partial charge < -0.3 is 9.13 Å². The second-order valence-electron chi connectivity index (χ2n) is 17.7. The van der Waals surface area contributed by atoms with Crippen LogP contribution in [0.2, 0.25) is 0 Å². The highest BCUT2D eigenvalue weighted by molar-refractivity contribution is 6.13. The van der Waals surface area contributed by atoms with Crippen LogP contribution < -0.4 is 0 Å². The summed E-state index contributed by atoms with van der Waals surface area (Å²) in [7, 11) is 0. The molecule has 0 aliphatic carbocycles. The Morgan fingerprint density at radius 3 is 1.61 bits per heavy atom. The van der Waals surface area contributed by atoms with Crippen molar-refractivity contribution in [2.75, 3.05) is 0 Å². The Morgan fingerprint density at radius 2 is 0.826 bits per heavy atom. The van der Waals surface area contributed by atoms with Gasteiger partial charge in [0.1, 0.15) is 5.82 Å². The van der Waals surface area contributed by atoms with E-state index in [0.717, 1.165) is 106 Å². The van der Waals surface area contributed by atoms with Gasteiger partial charge in [-0.25, -0.2) is 9.97 Å². The molecule has 14 aromatic rings. The summed E-state index contributed by atoms with van der Waals surface area (Å²) in [4.78, 5) is 15.3. The summed E-state index contributed by atoms with van der Waals surface area (Å²) in [5.74, 6) is 0.873. The molecule has 0 spiro atoms. The van der Waals surface area contributed by atoms with E-state index >= 15 is 0 Å². The molecular formula is C63H40N6. The van der Waals surface area contributed by atoms with Crippen molar-refractivity contribution in [2.24, 2.45) is 0 Å². The Bertz CT molecular complexity index is 4240. The number of aromatic nitrogens is 6. The van der Waals surface area contributed by atoms with Crippen LogP contribution in [-0.2, 0) is 0 Å². The second-order valence-corrected chi connectivity index (χ2v) is 17.7. The Labute approximate surface area is 397 Å². The normalized spacial score (nSPS) is 11.8. The lowest BCUT2D eigenvalue weighted by Gasteiger charge is -2.13. The van der Waals surface area contributed by atoms with Crippen molar-refractivity contribution in [2.45, 2.75) is 0 Å². The zero-order valence-electron chi connectivity index (χ0n) is 37.3. The summed E-state index contributed by atoms with van der Waals surface area (Å²) in [6.45, 7) is 0. The average molecular weight is 881 g/mol. The quantitative estimate of drug-likeness (QED) is 0.160. The van der Waals surface area contributed by atoms with Crippen LogP contribution in [0.15, 0.2) is 243 Å².